The number of hydrogen-bond acceptors (Lipinski definition) is 2. The molecule has 0 rings (SSSR count). The Labute approximate surface area is 88.4 Å². The Morgan fingerprint density at radius 2 is 2.08 bits per heavy atom. The second-order valence-electron chi connectivity index (χ2n) is 4.00. The minimum absolute atomic E-state index is 0.347. The summed E-state index contributed by atoms with van der Waals surface area (Å²) in [7, 11) is 0. The van der Waals surface area contributed by atoms with Gasteiger partial charge in [0, 0.05) is 11.4 Å². The Morgan fingerprint density at radius 1 is 1.54 bits per heavy atom. The summed E-state index contributed by atoms with van der Waals surface area (Å²) in [6.45, 7) is 8.22. The normalized spacial score (nSPS) is 13.6. The van der Waals surface area contributed by atoms with Crippen molar-refractivity contribution in [3.05, 3.63) is 0 Å². The van der Waals surface area contributed by atoms with E-state index in [1.54, 1.807) is 0 Å². The van der Waals surface area contributed by atoms with Crippen LogP contribution in [0, 0.1) is 0 Å². The van der Waals surface area contributed by atoms with Crippen LogP contribution in [0.25, 0.3) is 0 Å². The first kappa shape index (κ1) is 12.8. The van der Waals surface area contributed by atoms with Crippen molar-refractivity contribution in [2.75, 3.05) is 6.54 Å². The number of ether oxygens (including phenoxy) is 1. The van der Waals surface area contributed by atoms with Crippen LogP contribution in [0.15, 0.2) is 0 Å². The molecule has 0 spiro atoms. The third-order valence-electron chi connectivity index (χ3n) is 1.21. The predicted molar refractivity (Wildman–Crippen MR) is 57.2 cm³/mol. The molecular weight excluding hydrogens is 234 g/mol. The number of nitrogens with one attached hydrogen (secondary N) is 1. The molecule has 0 fully saturated rings. The van der Waals surface area contributed by atoms with Gasteiger partial charge in [-0.3, -0.25) is 0 Å². The number of amides is 1. The molecule has 3 nitrogen and oxygen atoms in total. The summed E-state index contributed by atoms with van der Waals surface area (Å²) in [5.41, 5.74) is -0.413. The third kappa shape index (κ3) is 9.67. The van der Waals surface area contributed by atoms with Gasteiger partial charge >= 0.3 is 6.09 Å². The molecule has 0 aromatic heterocycles. The molecule has 0 radical (unpaired) electrons. The molecule has 78 valence electrons. The van der Waals surface area contributed by atoms with Gasteiger partial charge in [0.25, 0.3) is 0 Å². The molecule has 0 aromatic carbocycles. The van der Waals surface area contributed by atoms with Crippen molar-refractivity contribution in [2.24, 2.45) is 0 Å². The van der Waals surface area contributed by atoms with E-state index in [-0.39, 0.29) is 6.09 Å². The molecule has 0 saturated carbocycles. The maximum Gasteiger partial charge on any atom is 0.407 e. The Bertz CT molecular complexity index is 163. The van der Waals surface area contributed by atoms with Crippen LogP contribution in [-0.4, -0.2) is 23.1 Å². The molecule has 0 bridgehead atoms. The Kier molecular flexibility index (Phi) is 5.37. The standard InChI is InChI=1S/C9H18BrNO2/c1-7(10)5-6-11-8(12)13-9(2,3)4/h7H,5-6H2,1-4H3,(H,11,12). The number of rotatable bonds is 3. The van der Waals surface area contributed by atoms with Gasteiger partial charge in [0.2, 0.25) is 0 Å². The molecule has 13 heavy (non-hydrogen) atoms. The highest BCUT2D eigenvalue weighted by Gasteiger charge is 2.15. The molecule has 4 heteroatoms. The lowest BCUT2D eigenvalue weighted by molar-refractivity contribution is 0.0527. The van der Waals surface area contributed by atoms with Gasteiger partial charge in [0.1, 0.15) is 5.60 Å². The highest BCUT2D eigenvalue weighted by molar-refractivity contribution is 9.09. The number of alkyl halides is 1. The maximum absolute atomic E-state index is 11.1. The fourth-order valence-electron chi connectivity index (χ4n) is 0.687. The number of carbonyl (C=O) groups is 1. The fourth-order valence-corrected chi connectivity index (χ4v) is 0.916. The Morgan fingerprint density at radius 3 is 2.46 bits per heavy atom. The molecule has 0 aromatic rings. The van der Waals surface area contributed by atoms with E-state index in [2.05, 4.69) is 21.2 Å². The summed E-state index contributed by atoms with van der Waals surface area (Å²) >= 11 is 3.39. The second-order valence-corrected chi connectivity index (χ2v) is 5.56. The minimum atomic E-state index is -0.413. The lowest BCUT2D eigenvalue weighted by Gasteiger charge is -2.19. The molecule has 0 aliphatic rings. The van der Waals surface area contributed by atoms with Crippen LogP contribution in [0.4, 0.5) is 4.79 Å². The van der Waals surface area contributed by atoms with Crippen molar-refractivity contribution in [1.29, 1.82) is 0 Å². The molecular formula is C9H18BrNO2. The number of carbonyl (C=O) groups excluding carboxylic acids is 1. The zero-order valence-corrected chi connectivity index (χ0v) is 10.3. The van der Waals surface area contributed by atoms with Gasteiger partial charge < -0.3 is 10.1 Å². The summed E-state index contributed by atoms with van der Waals surface area (Å²) < 4.78 is 5.05. The van der Waals surface area contributed by atoms with Crippen LogP contribution in [0.5, 0.6) is 0 Å². The van der Waals surface area contributed by atoms with E-state index in [9.17, 15) is 4.79 Å². The average Bonchev–Trinajstić information content (AvgIpc) is 1.81. The zero-order valence-electron chi connectivity index (χ0n) is 8.69. The number of alkyl carbamates (subject to hydrolysis) is 1. The van der Waals surface area contributed by atoms with Crippen LogP contribution in [-0.2, 0) is 4.74 Å². The van der Waals surface area contributed by atoms with Gasteiger partial charge in [-0.25, -0.2) is 4.79 Å². The van der Waals surface area contributed by atoms with Crippen molar-refractivity contribution in [3.63, 3.8) is 0 Å². The van der Waals surface area contributed by atoms with Crippen molar-refractivity contribution in [1.82, 2.24) is 5.32 Å². The first-order valence-corrected chi connectivity index (χ1v) is 5.34. The van der Waals surface area contributed by atoms with E-state index in [0.717, 1.165) is 6.42 Å². The van der Waals surface area contributed by atoms with Crippen LogP contribution < -0.4 is 5.32 Å². The van der Waals surface area contributed by atoms with Crippen LogP contribution in [0.1, 0.15) is 34.1 Å². The van der Waals surface area contributed by atoms with Gasteiger partial charge in [-0.2, -0.15) is 0 Å². The van der Waals surface area contributed by atoms with Crippen molar-refractivity contribution in [3.8, 4) is 0 Å². The molecule has 1 amide bonds. The SMILES string of the molecule is CC(Br)CCNC(=O)OC(C)(C)C. The summed E-state index contributed by atoms with van der Waals surface area (Å²) in [6, 6.07) is 0. The quantitative estimate of drug-likeness (QED) is 0.784. The molecule has 1 unspecified atom stereocenters. The monoisotopic (exact) mass is 251 g/mol. The van der Waals surface area contributed by atoms with Crippen LogP contribution >= 0.6 is 15.9 Å². The van der Waals surface area contributed by atoms with Crippen molar-refractivity contribution >= 4 is 22.0 Å². The molecule has 1 N–H and O–H groups in total. The van der Waals surface area contributed by atoms with E-state index < -0.39 is 5.60 Å². The van der Waals surface area contributed by atoms with E-state index >= 15 is 0 Å². The number of hydrogen-bond donors (Lipinski definition) is 1. The zero-order chi connectivity index (χ0) is 10.5. The second kappa shape index (κ2) is 5.47. The smallest absolute Gasteiger partial charge is 0.407 e. The fraction of sp³-hybridized carbons (Fsp3) is 0.889. The maximum atomic E-state index is 11.1. The largest absolute Gasteiger partial charge is 0.444 e. The van der Waals surface area contributed by atoms with Crippen LogP contribution in [0.2, 0.25) is 0 Å². The summed E-state index contributed by atoms with van der Waals surface area (Å²) in [6.07, 6.45) is 0.555. The van der Waals surface area contributed by atoms with Gasteiger partial charge in [0.05, 0.1) is 0 Å². The Balaban J connectivity index is 3.53. The summed E-state index contributed by atoms with van der Waals surface area (Å²) in [5, 5.41) is 2.68. The van der Waals surface area contributed by atoms with Crippen molar-refractivity contribution < 1.29 is 9.53 Å². The Hall–Kier alpha value is -0.250. The molecule has 0 heterocycles. The van der Waals surface area contributed by atoms with E-state index in [1.165, 1.54) is 0 Å². The lowest BCUT2D eigenvalue weighted by atomic mass is 10.2. The highest BCUT2D eigenvalue weighted by atomic mass is 79.9. The van der Waals surface area contributed by atoms with Crippen LogP contribution in [0.3, 0.4) is 0 Å². The minimum Gasteiger partial charge on any atom is -0.444 e. The average molecular weight is 252 g/mol. The van der Waals surface area contributed by atoms with Crippen molar-refractivity contribution in [2.45, 2.75) is 44.5 Å². The van der Waals surface area contributed by atoms with E-state index in [0.29, 0.717) is 11.4 Å². The number of halogens is 1. The van der Waals surface area contributed by atoms with E-state index in [4.69, 9.17) is 4.74 Å². The lowest BCUT2D eigenvalue weighted by Crippen LogP contribution is -2.33. The first-order chi connectivity index (χ1) is 5.81. The highest BCUT2D eigenvalue weighted by Crippen LogP contribution is 2.06. The van der Waals surface area contributed by atoms with Gasteiger partial charge in [0.15, 0.2) is 0 Å². The van der Waals surface area contributed by atoms with Gasteiger partial charge in [-0.1, -0.05) is 22.9 Å². The van der Waals surface area contributed by atoms with E-state index in [1.807, 2.05) is 27.7 Å². The molecule has 1 atom stereocenters. The predicted octanol–water partition coefficient (Wildman–Crippen LogP) is 2.68. The molecule has 0 aliphatic carbocycles. The molecule has 0 aliphatic heterocycles. The van der Waals surface area contributed by atoms with Gasteiger partial charge in [-0.05, 0) is 27.2 Å². The van der Waals surface area contributed by atoms with Gasteiger partial charge in [-0.15, -0.1) is 0 Å². The first-order valence-electron chi connectivity index (χ1n) is 4.42. The topological polar surface area (TPSA) is 38.3 Å². The summed E-state index contributed by atoms with van der Waals surface area (Å²) in [4.78, 5) is 11.5. The summed E-state index contributed by atoms with van der Waals surface area (Å²) in [5.74, 6) is 0. The third-order valence-corrected chi connectivity index (χ3v) is 1.67. The molecule has 0 saturated heterocycles.